The van der Waals surface area contributed by atoms with Gasteiger partial charge in [0.1, 0.15) is 6.04 Å². The third-order valence-electron chi connectivity index (χ3n) is 4.47. The van der Waals surface area contributed by atoms with E-state index in [-0.39, 0.29) is 24.1 Å². The molecule has 2 aromatic rings. The van der Waals surface area contributed by atoms with Crippen LogP contribution in [-0.4, -0.2) is 35.6 Å². The van der Waals surface area contributed by atoms with E-state index in [0.29, 0.717) is 32.3 Å². The van der Waals surface area contributed by atoms with E-state index in [9.17, 15) is 9.59 Å². The number of carbonyl (C=O) groups is 2. The largest absolute Gasteiger partial charge is 0.357 e. The predicted octanol–water partition coefficient (Wildman–Crippen LogP) is 6.09. The number of nitrogens with zero attached hydrogens (tertiary/aromatic N) is 1. The molecule has 162 valence electrons. The van der Waals surface area contributed by atoms with Crippen molar-refractivity contribution in [3.05, 3.63) is 67.6 Å². The summed E-state index contributed by atoms with van der Waals surface area (Å²) in [6.45, 7) is 2.12. The van der Waals surface area contributed by atoms with Crippen molar-refractivity contribution in [3.63, 3.8) is 0 Å². The van der Waals surface area contributed by atoms with Crippen LogP contribution in [0.1, 0.15) is 24.5 Å². The van der Waals surface area contributed by atoms with E-state index in [4.69, 9.17) is 46.4 Å². The zero-order valence-corrected chi connectivity index (χ0v) is 20.4. The Balaban J connectivity index is 2.14. The summed E-state index contributed by atoms with van der Waals surface area (Å²) in [5, 5.41) is 4.60. The van der Waals surface area contributed by atoms with Crippen LogP contribution in [0.5, 0.6) is 0 Å². The summed E-state index contributed by atoms with van der Waals surface area (Å²) < 4.78 is 0. The van der Waals surface area contributed by atoms with Crippen LogP contribution in [0, 0.1) is 0 Å². The van der Waals surface area contributed by atoms with Gasteiger partial charge in [0.05, 0.1) is 15.8 Å². The summed E-state index contributed by atoms with van der Waals surface area (Å²) in [6.07, 6.45) is 0.487. The summed E-state index contributed by atoms with van der Waals surface area (Å²) >= 11 is 25.7. The van der Waals surface area contributed by atoms with Gasteiger partial charge < -0.3 is 10.2 Å². The van der Waals surface area contributed by atoms with Crippen molar-refractivity contribution in [2.45, 2.75) is 31.7 Å². The number of hydrogen-bond donors (Lipinski definition) is 1. The number of thioether (sulfide) groups is 1. The van der Waals surface area contributed by atoms with Gasteiger partial charge >= 0.3 is 0 Å². The van der Waals surface area contributed by atoms with Crippen molar-refractivity contribution >= 4 is 70.0 Å². The fraction of sp³-hybridized carbons (Fsp3) is 0.333. The van der Waals surface area contributed by atoms with E-state index in [1.165, 1.54) is 11.8 Å². The molecule has 30 heavy (non-hydrogen) atoms. The van der Waals surface area contributed by atoms with Crippen molar-refractivity contribution in [1.29, 1.82) is 0 Å². The lowest BCUT2D eigenvalue weighted by atomic mass is 10.1. The van der Waals surface area contributed by atoms with E-state index in [2.05, 4.69) is 5.32 Å². The quantitative estimate of drug-likeness (QED) is 0.447. The molecule has 0 aliphatic rings. The standard InChI is InChI=1S/C21H22Cl4N2O2S/c1-3-19(21(29)26-2)27(10-13-4-7-16(23)18(25)8-13)20(28)12-30-11-14-5-6-15(22)9-17(14)24/h4-9,19H,3,10-12H2,1-2H3,(H,26,29). The molecule has 2 amide bonds. The molecule has 1 N–H and O–H groups in total. The zero-order chi connectivity index (χ0) is 22.3. The molecule has 0 heterocycles. The van der Waals surface area contributed by atoms with Crippen LogP contribution in [0.3, 0.4) is 0 Å². The molecule has 0 aliphatic carbocycles. The van der Waals surface area contributed by atoms with Gasteiger partial charge in [0.15, 0.2) is 0 Å². The van der Waals surface area contributed by atoms with Crippen LogP contribution in [0.2, 0.25) is 20.1 Å². The van der Waals surface area contributed by atoms with E-state index in [1.54, 1.807) is 42.3 Å². The van der Waals surface area contributed by atoms with Gasteiger partial charge in [-0.25, -0.2) is 0 Å². The van der Waals surface area contributed by atoms with Gasteiger partial charge in [0, 0.05) is 29.4 Å². The lowest BCUT2D eigenvalue weighted by molar-refractivity contribution is -0.139. The van der Waals surface area contributed by atoms with Gasteiger partial charge in [-0.05, 0) is 41.8 Å². The van der Waals surface area contributed by atoms with Crippen molar-refractivity contribution in [1.82, 2.24) is 10.2 Å². The maximum atomic E-state index is 13.1. The highest BCUT2D eigenvalue weighted by Crippen LogP contribution is 2.26. The molecule has 9 heteroatoms. The van der Waals surface area contributed by atoms with Crippen LogP contribution in [-0.2, 0) is 21.9 Å². The molecule has 0 aromatic heterocycles. The van der Waals surface area contributed by atoms with Gasteiger partial charge in [-0.3, -0.25) is 9.59 Å². The second-order valence-electron chi connectivity index (χ2n) is 6.54. The second kappa shape index (κ2) is 12.1. The monoisotopic (exact) mass is 506 g/mol. The molecule has 0 saturated carbocycles. The summed E-state index contributed by atoms with van der Waals surface area (Å²) in [6, 6.07) is 9.88. The van der Waals surface area contributed by atoms with Crippen LogP contribution >= 0.6 is 58.2 Å². The zero-order valence-electron chi connectivity index (χ0n) is 16.6. The minimum Gasteiger partial charge on any atom is -0.357 e. The topological polar surface area (TPSA) is 49.4 Å². The predicted molar refractivity (Wildman–Crippen MR) is 128 cm³/mol. The maximum absolute atomic E-state index is 13.1. The number of carbonyl (C=O) groups excluding carboxylic acids is 2. The molecule has 4 nitrogen and oxygen atoms in total. The highest BCUT2D eigenvalue weighted by molar-refractivity contribution is 7.99. The summed E-state index contributed by atoms with van der Waals surface area (Å²) in [7, 11) is 1.56. The lowest BCUT2D eigenvalue weighted by Gasteiger charge is -2.30. The fourth-order valence-corrected chi connectivity index (χ4v) is 4.68. The smallest absolute Gasteiger partial charge is 0.242 e. The molecule has 1 atom stereocenters. The number of hydrogen-bond acceptors (Lipinski definition) is 3. The number of rotatable bonds is 9. The van der Waals surface area contributed by atoms with Gasteiger partial charge in [-0.15, -0.1) is 11.8 Å². The Morgan fingerprint density at radius 3 is 2.37 bits per heavy atom. The number of halogens is 4. The Bertz CT molecular complexity index is 911. The average molecular weight is 508 g/mol. The van der Waals surface area contributed by atoms with Crippen LogP contribution in [0.25, 0.3) is 0 Å². The Hall–Kier alpha value is -1.11. The van der Waals surface area contributed by atoms with Crippen LogP contribution < -0.4 is 5.32 Å². The molecule has 0 radical (unpaired) electrons. The van der Waals surface area contributed by atoms with Gasteiger partial charge in [0.2, 0.25) is 11.8 Å². The summed E-state index contributed by atoms with van der Waals surface area (Å²) in [5.74, 6) is 0.399. The number of likely N-dealkylation sites (N-methyl/N-ethyl adjacent to an activating group) is 1. The van der Waals surface area contributed by atoms with E-state index >= 15 is 0 Å². The molecule has 0 spiro atoms. The summed E-state index contributed by atoms with van der Waals surface area (Å²) in [4.78, 5) is 27.0. The molecular formula is C21H22Cl4N2O2S. The minimum atomic E-state index is -0.586. The number of benzene rings is 2. The van der Waals surface area contributed by atoms with Gasteiger partial charge in [-0.2, -0.15) is 0 Å². The Labute approximate surface area is 201 Å². The average Bonchev–Trinajstić information content (AvgIpc) is 2.71. The minimum absolute atomic E-state index is 0.147. The molecule has 0 saturated heterocycles. The fourth-order valence-electron chi connectivity index (χ4n) is 2.89. The number of nitrogens with one attached hydrogen (secondary N) is 1. The third-order valence-corrected chi connectivity index (χ3v) is 6.76. The molecule has 2 rings (SSSR count). The molecule has 0 bridgehead atoms. The van der Waals surface area contributed by atoms with Crippen LogP contribution in [0.4, 0.5) is 0 Å². The lowest BCUT2D eigenvalue weighted by Crippen LogP contribution is -2.48. The first-order valence-electron chi connectivity index (χ1n) is 9.23. The normalized spacial score (nSPS) is 11.8. The van der Waals surface area contributed by atoms with E-state index in [1.807, 2.05) is 13.0 Å². The van der Waals surface area contributed by atoms with E-state index in [0.717, 1.165) is 11.1 Å². The van der Waals surface area contributed by atoms with Crippen molar-refractivity contribution in [2.75, 3.05) is 12.8 Å². The van der Waals surface area contributed by atoms with Crippen molar-refractivity contribution in [2.24, 2.45) is 0 Å². The maximum Gasteiger partial charge on any atom is 0.242 e. The molecular weight excluding hydrogens is 486 g/mol. The Morgan fingerprint density at radius 1 is 1.03 bits per heavy atom. The third kappa shape index (κ3) is 6.96. The number of amides is 2. The highest BCUT2D eigenvalue weighted by Gasteiger charge is 2.28. The Kier molecular flexibility index (Phi) is 10.1. The molecule has 1 unspecified atom stereocenters. The highest BCUT2D eigenvalue weighted by atomic mass is 35.5. The van der Waals surface area contributed by atoms with E-state index < -0.39 is 6.04 Å². The van der Waals surface area contributed by atoms with Gasteiger partial charge in [-0.1, -0.05) is 65.5 Å². The van der Waals surface area contributed by atoms with Crippen molar-refractivity contribution < 1.29 is 9.59 Å². The Morgan fingerprint density at radius 2 is 1.77 bits per heavy atom. The van der Waals surface area contributed by atoms with Crippen molar-refractivity contribution in [3.8, 4) is 0 Å². The van der Waals surface area contributed by atoms with Crippen LogP contribution in [0.15, 0.2) is 36.4 Å². The summed E-state index contributed by atoms with van der Waals surface area (Å²) in [5.41, 5.74) is 1.69. The molecule has 0 fully saturated rings. The molecule has 2 aromatic carbocycles. The first kappa shape index (κ1) is 25.2. The molecule has 0 aliphatic heterocycles. The van der Waals surface area contributed by atoms with Gasteiger partial charge in [0.25, 0.3) is 0 Å². The first-order valence-corrected chi connectivity index (χ1v) is 11.9. The first-order chi connectivity index (χ1) is 14.3. The SMILES string of the molecule is CCC(C(=O)NC)N(Cc1ccc(Cl)c(Cl)c1)C(=O)CSCc1ccc(Cl)cc1Cl. The second-order valence-corrected chi connectivity index (χ2v) is 9.18.